The molecule has 1 N–H and O–H groups in total. The van der Waals surface area contributed by atoms with E-state index in [1.807, 2.05) is 16.0 Å². The summed E-state index contributed by atoms with van der Waals surface area (Å²) in [6.45, 7) is 8.51. The first kappa shape index (κ1) is 16.8. The largest absolute Gasteiger partial charge is 0.311 e. The van der Waals surface area contributed by atoms with Crippen LogP contribution < -0.4 is 5.32 Å². The van der Waals surface area contributed by atoms with Crippen molar-refractivity contribution in [2.45, 2.75) is 58.5 Å². The van der Waals surface area contributed by atoms with Crippen molar-refractivity contribution >= 4 is 23.1 Å². The minimum atomic E-state index is 0.101. The van der Waals surface area contributed by atoms with Crippen LogP contribution in [0, 0.1) is 6.92 Å². The highest BCUT2D eigenvalue weighted by atomic mass is 32.1. The Morgan fingerprint density at radius 2 is 2.12 bits per heavy atom. The number of hydrogen-bond donors (Lipinski definition) is 1. The highest BCUT2D eigenvalue weighted by Crippen LogP contribution is 2.41. The number of amides is 1. The highest BCUT2D eigenvalue weighted by Gasteiger charge is 2.33. The van der Waals surface area contributed by atoms with Crippen molar-refractivity contribution in [3.8, 4) is 0 Å². The second-order valence-electron chi connectivity index (χ2n) is 7.16. The molecule has 1 saturated heterocycles. The van der Waals surface area contributed by atoms with Gasteiger partial charge in [0.25, 0.3) is 0 Å². The first-order chi connectivity index (χ1) is 12.2. The first-order valence-electron chi connectivity index (χ1n) is 9.33. The molecule has 4 heterocycles. The van der Waals surface area contributed by atoms with Crippen LogP contribution in [0.15, 0.2) is 12.1 Å². The maximum Gasteiger partial charge on any atom is 0.226 e. The summed E-state index contributed by atoms with van der Waals surface area (Å²) in [5, 5.41) is 7.74. The van der Waals surface area contributed by atoms with E-state index in [0.717, 1.165) is 31.0 Å². The van der Waals surface area contributed by atoms with Crippen LogP contribution in [-0.2, 0) is 17.9 Å². The summed E-state index contributed by atoms with van der Waals surface area (Å²) in [5.41, 5.74) is 2.26. The van der Waals surface area contributed by atoms with E-state index in [2.05, 4.69) is 41.3 Å². The Hall–Kier alpha value is -1.66. The zero-order chi connectivity index (χ0) is 17.4. The summed E-state index contributed by atoms with van der Waals surface area (Å²) in [7, 11) is 0. The van der Waals surface area contributed by atoms with Crippen LogP contribution in [0.3, 0.4) is 0 Å². The molecule has 6 heteroatoms. The average molecular weight is 359 g/mol. The molecule has 1 atom stereocenters. The van der Waals surface area contributed by atoms with Crippen LogP contribution in [0.25, 0.3) is 0 Å². The quantitative estimate of drug-likeness (QED) is 0.886. The topological polar surface area (TPSA) is 50.2 Å². The Labute approximate surface area is 153 Å². The first-order valence-corrected chi connectivity index (χ1v) is 10.2. The molecule has 1 fully saturated rings. The normalized spacial score (nSPS) is 20.7. The van der Waals surface area contributed by atoms with Gasteiger partial charge in [0.2, 0.25) is 5.91 Å². The van der Waals surface area contributed by atoms with Gasteiger partial charge in [-0.15, -0.1) is 11.3 Å². The number of hydrogen-bond acceptors (Lipinski definition) is 4. The molecule has 1 unspecified atom stereocenters. The number of nitrogens with zero attached hydrogens (tertiary/aromatic N) is 3. The fourth-order valence-electron chi connectivity index (χ4n) is 4.06. The van der Waals surface area contributed by atoms with Crippen molar-refractivity contribution in [2.75, 3.05) is 18.4 Å². The molecular weight excluding hydrogens is 332 g/mol. The molecule has 0 spiro atoms. The summed E-state index contributed by atoms with van der Waals surface area (Å²) < 4.78 is 1.97. The van der Waals surface area contributed by atoms with E-state index in [1.165, 1.54) is 41.2 Å². The molecule has 2 aliphatic heterocycles. The lowest BCUT2D eigenvalue weighted by Crippen LogP contribution is -2.24. The van der Waals surface area contributed by atoms with Gasteiger partial charge in [0.15, 0.2) is 0 Å². The SMILES string of the molecule is CCCn1nc(C)c2c1NC(=O)CC2c1ccc(CN2CCCC2)s1. The minimum absolute atomic E-state index is 0.101. The summed E-state index contributed by atoms with van der Waals surface area (Å²) >= 11 is 1.86. The number of carbonyl (C=O) groups is 1. The van der Waals surface area contributed by atoms with Crippen LogP contribution in [0.2, 0.25) is 0 Å². The molecule has 0 saturated carbocycles. The second-order valence-corrected chi connectivity index (χ2v) is 8.36. The molecule has 0 bridgehead atoms. The summed E-state index contributed by atoms with van der Waals surface area (Å²) in [6, 6.07) is 4.47. The predicted molar refractivity (Wildman–Crippen MR) is 101 cm³/mol. The number of nitrogens with one attached hydrogen (secondary N) is 1. The molecule has 4 rings (SSSR count). The van der Waals surface area contributed by atoms with Gasteiger partial charge in [-0.05, 0) is 51.4 Å². The maximum atomic E-state index is 12.3. The van der Waals surface area contributed by atoms with Crippen molar-refractivity contribution in [3.05, 3.63) is 33.1 Å². The summed E-state index contributed by atoms with van der Waals surface area (Å²) in [6.07, 6.45) is 4.17. The van der Waals surface area contributed by atoms with Crippen LogP contribution in [0.5, 0.6) is 0 Å². The number of aromatic nitrogens is 2. The number of aryl methyl sites for hydroxylation is 2. The van der Waals surface area contributed by atoms with Crippen LogP contribution in [0.1, 0.15) is 59.5 Å². The van der Waals surface area contributed by atoms with E-state index in [1.54, 1.807) is 0 Å². The van der Waals surface area contributed by atoms with Crippen molar-refractivity contribution in [3.63, 3.8) is 0 Å². The van der Waals surface area contributed by atoms with Gasteiger partial charge < -0.3 is 5.32 Å². The second kappa shape index (κ2) is 6.92. The van der Waals surface area contributed by atoms with Gasteiger partial charge in [0.05, 0.1) is 5.69 Å². The molecule has 25 heavy (non-hydrogen) atoms. The number of anilines is 1. The monoisotopic (exact) mass is 358 g/mol. The Morgan fingerprint density at radius 1 is 1.32 bits per heavy atom. The Kier molecular flexibility index (Phi) is 4.65. The molecule has 0 aliphatic carbocycles. The van der Waals surface area contributed by atoms with Crippen molar-refractivity contribution in [1.29, 1.82) is 0 Å². The van der Waals surface area contributed by atoms with Gasteiger partial charge in [-0.25, -0.2) is 4.68 Å². The van der Waals surface area contributed by atoms with Crippen molar-refractivity contribution in [1.82, 2.24) is 14.7 Å². The molecule has 0 aromatic carbocycles. The minimum Gasteiger partial charge on any atom is -0.311 e. The van der Waals surface area contributed by atoms with Gasteiger partial charge >= 0.3 is 0 Å². The molecule has 2 aromatic rings. The molecular formula is C19H26N4OS. The third-order valence-corrected chi connectivity index (χ3v) is 6.39. The van der Waals surface area contributed by atoms with Crippen molar-refractivity contribution in [2.24, 2.45) is 0 Å². The highest BCUT2D eigenvalue weighted by molar-refractivity contribution is 7.12. The van der Waals surface area contributed by atoms with Crippen LogP contribution in [-0.4, -0.2) is 33.7 Å². The average Bonchev–Trinajstić information content (AvgIpc) is 3.30. The third-order valence-electron chi connectivity index (χ3n) is 5.21. The summed E-state index contributed by atoms with van der Waals surface area (Å²) in [5.74, 6) is 1.16. The number of rotatable bonds is 5. The van der Waals surface area contributed by atoms with Crippen LogP contribution in [0.4, 0.5) is 5.82 Å². The molecule has 134 valence electrons. The molecule has 2 aromatic heterocycles. The molecule has 0 radical (unpaired) electrons. The standard InChI is InChI=1S/C19H26N4OS/c1-3-8-23-19-18(13(2)21-23)15(11-17(24)20-19)16-7-6-14(25-16)12-22-9-4-5-10-22/h6-7,15H,3-5,8-12H2,1-2H3,(H,20,24). The zero-order valence-electron chi connectivity index (χ0n) is 15.0. The van der Waals surface area contributed by atoms with E-state index in [4.69, 9.17) is 0 Å². The van der Waals surface area contributed by atoms with E-state index >= 15 is 0 Å². The van der Waals surface area contributed by atoms with E-state index in [0.29, 0.717) is 6.42 Å². The fourth-order valence-corrected chi connectivity index (χ4v) is 5.22. The van der Waals surface area contributed by atoms with E-state index in [-0.39, 0.29) is 11.8 Å². The number of fused-ring (bicyclic) bond motifs is 1. The zero-order valence-corrected chi connectivity index (χ0v) is 15.9. The Bertz CT molecular complexity index is 772. The van der Waals surface area contributed by atoms with Gasteiger partial charge in [0.1, 0.15) is 5.82 Å². The lowest BCUT2D eigenvalue weighted by molar-refractivity contribution is -0.116. The van der Waals surface area contributed by atoms with E-state index in [9.17, 15) is 4.79 Å². The van der Waals surface area contributed by atoms with Gasteiger partial charge in [0, 0.05) is 40.7 Å². The summed E-state index contributed by atoms with van der Waals surface area (Å²) in [4.78, 5) is 17.5. The van der Waals surface area contributed by atoms with Crippen molar-refractivity contribution < 1.29 is 4.79 Å². The third kappa shape index (κ3) is 3.25. The predicted octanol–water partition coefficient (Wildman–Crippen LogP) is 3.73. The lowest BCUT2D eigenvalue weighted by atomic mass is 9.91. The maximum absolute atomic E-state index is 12.3. The fraction of sp³-hybridized carbons (Fsp3) is 0.579. The molecule has 1 amide bonds. The molecule has 2 aliphatic rings. The smallest absolute Gasteiger partial charge is 0.226 e. The number of thiophene rings is 1. The number of carbonyl (C=O) groups excluding carboxylic acids is 1. The van der Waals surface area contributed by atoms with Gasteiger partial charge in [-0.2, -0.15) is 5.10 Å². The molecule has 5 nitrogen and oxygen atoms in total. The number of likely N-dealkylation sites (tertiary alicyclic amines) is 1. The van der Waals surface area contributed by atoms with Crippen LogP contribution >= 0.6 is 11.3 Å². The van der Waals surface area contributed by atoms with Gasteiger partial charge in [-0.1, -0.05) is 6.92 Å². The van der Waals surface area contributed by atoms with E-state index < -0.39 is 0 Å². The Balaban J connectivity index is 1.63. The van der Waals surface area contributed by atoms with Gasteiger partial charge in [-0.3, -0.25) is 9.69 Å². The Morgan fingerprint density at radius 3 is 2.88 bits per heavy atom. The lowest BCUT2D eigenvalue weighted by Gasteiger charge is -2.23.